The van der Waals surface area contributed by atoms with Crippen molar-refractivity contribution in [3.63, 3.8) is 0 Å². The van der Waals surface area contributed by atoms with E-state index >= 15 is 0 Å². The van der Waals surface area contributed by atoms with Crippen LogP contribution in [0.4, 0.5) is 10.1 Å². The second kappa shape index (κ2) is 6.46. The third kappa shape index (κ3) is 3.28. The Morgan fingerprint density at radius 3 is 2.91 bits per heavy atom. The van der Waals surface area contributed by atoms with E-state index in [0.717, 1.165) is 32.1 Å². The normalized spacial score (nSPS) is 15.7. The molecular weight excluding hydrogens is 309 g/mol. The van der Waals surface area contributed by atoms with Gasteiger partial charge in [-0.05, 0) is 31.0 Å². The van der Waals surface area contributed by atoms with Crippen LogP contribution in [0.5, 0.6) is 0 Å². The molecule has 1 aromatic heterocycles. The Kier molecular flexibility index (Phi) is 4.40. The van der Waals surface area contributed by atoms with Gasteiger partial charge in [0.1, 0.15) is 5.82 Å². The molecule has 0 unspecified atom stereocenters. The third-order valence-electron chi connectivity index (χ3n) is 3.60. The van der Waals surface area contributed by atoms with Crippen molar-refractivity contribution in [3.8, 4) is 0 Å². The Morgan fingerprint density at radius 2 is 2.18 bits per heavy atom. The summed E-state index contributed by atoms with van der Waals surface area (Å²) in [5.74, 6) is -0.870. The van der Waals surface area contributed by atoms with E-state index in [0.29, 0.717) is 5.69 Å². The van der Waals surface area contributed by atoms with Gasteiger partial charge in [-0.25, -0.2) is 4.39 Å². The molecule has 0 spiro atoms. The van der Waals surface area contributed by atoms with Gasteiger partial charge in [0.2, 0.25) is 0 Å². The zero-order chi connectivity index (χ0) is 15.5. The number of carbonyl (C=O) groups is 1. The highest BCUT2D eigenvalue weighted by Gasteiger charge is 2.17. The summed E-state index contributed by atoms with van der Waals surface area (Å²) < 4.78 is 20.2. The first-order chi connectivity index (χ1) is 10.6. The van der Waals surface area contributed by atoms with Crippen molar-refractivity contribution in [1.29, 1.82) is 0 Å². The van der Waals surface area contributed by atoms with Gasteiger partial charge in [-0.2, -0.15) is 5.10 Å². The van der Waals surface area contributed by atoms with E-state index in [1.807, 2.05) is 4.68 Å². The summed E-state index contributed by atoms with van der Waals surface area (Å²) >= 11 is 5.88. The molecule has 0 radical (unpaired) electrons. The standard InChI is InChI=1S/C15H15ClFN3O2/c16-14-7-10(17)1-2-13(14)15(21)19-11-8-18-20(9-11)12-3-5-22-6-4-12/h1-2,7-9,12H,3-6H2,(H,19,21). The third-order valence-corrected chi connectivity index (χ3v) is 3.91. The predicted molar refractivity (Wildman–Crippen MR) is 80.7 cm³/mol. The van der Waals surface area contributed by atoms with Crippen molar-refractivity contribution >= 4 is 23.2 Å². The molecule has 116 valence electrons. The Morgan fingerprint density at radius 1 is 1.41 bits per heavy atom. The molecule has 1 aliphatic heterocycles. The number of hydrogen-bond acceptors (Lipinski definition) is 3. The summed E-state index contributed by atoms with van der Waals surface area (Å²) in [6, 6.07) is 3.96. The van der Waals surface area contributed by atoms with E-state index in [1.165, 1.54) is 12.1 Å². The van der Waals surface area contributed by atoms with Crippen LogP contribution in [-0.2, 0) is 4.74 Å². The van der Waals surface area contributed by atoms with Gasteiger partial charge in [0, 0.05) is 19.4 Å². The number of amides is 1. The van der Waals surface area contributed by atoms with Gasteiger partial charge < -0.3 is 10.1 Å². The lowest BCUT2D eigenvalue weighted by Crippen LogP contribution is -2.19. The number of ether oxygens (including phenoxy) is 1. The smallest absolute Gasteiger partial charge is 0.257 e. The molecule has 1 aliphatic rings. The molecule has 2 heterocycles. The fourth-order valence-electron chi connectivity index (χ4n) is 2.42. The number of rotatable bonds is 3. The molecule has 3 rings (SSSR count). The van der Waals surface area contributed by atoms with E-state index in [-0.39, 0.29) is 16.6 Å². The molecule has 0 saturated carbocycles. The maximum atomic E-state index is 13.0. The van der Waals surface area contributed by atoms with Crippen LogP contribution in [0.2, 0.25) is 5.02 Å². The number of anilines is 1. The fraction of sp³-hybridized carbons (Fsp3) is 0.333. The Hall–Kier alpha value is -1.92. The summed E-state index contributed by atoms with van der Waals surface area (Å²) in [6.07, 6.45) is 5.17. The number of hydrogen-bond donors (Lipinski definition) is 1. The molecule has 1 aromatic carbocycles. The molecule has 22 heavy (non-hydrogen) atoms. The van der Waals surface area contributed by atoms with Crippen LogP contribution in [-0.4, -0.2) is 28.9 Å². The molecule has 2 aromatic rings. The average molecular weight is 324 g/mol. The van der Waals surface area contributed by atoms with Crippen LogP contribution in [0, 0.1) is 5.82 Å². The number of aromatic nitrogens is 2. The highest BCUT2D eigenvalue weighted by atomic mass is 35.5. The molecule has 1 amide bonds. The van der Waals surface area contributed by atoms with Crippen LogP contribution >= 0.6 is 11.6 Å². The molecule has 1 fully saturated rings. The molecular formula is C15H15ClFN3O2. The van der Waals surface area contributed by atoms with Crippen molar-refractivity contribution in [2.75, 3.05) is 18.5 Å². The van der Waals surface area contributed by atoms with Crippen molar-refractivity contribution < 1.29 is 13.9 Å². The maximum Gasteiger partial charge on any atom is 0.257 e. The highest BCUT2D eigenvalue weighted by Crippen LogP contribution is 2.22. The second-order valence-electron chi connectivity index (χ2n) is 5.13. The minimum Gasteiger partial charge on any atom is -0.381 e. The van der Waals surface area contributed by atoms with E-state index in [9.17, 15) is 9.18 Å². The summed E-state index contributed by atoms with van der Waals surface area (Å²) in [4.78, 5) is 12.2. The van der Waals surface area contributed by atoms with Gasteiger partial charge in [0.05, 0.1) is 28.5 Å². The van der Waals surface area contributed by atoms with Crippen LogP contribution in [0.15, 0.2) is 30.6 Å². The number of nitrogens with one attached hydrogen (secondary N) is 1. The minimum absolute atomic E-state index is 0.0781. The lowest BCUT2D eigenvalue weighted by Gasteiger charge is -2.22. The zero-order valence-corrected chi connectivity index (χ0v) is 12.5. The van der Waals surface area contributed by atoms with Crippen LogP contribution in [0.25, 0.3) is 0 Å². The molecule has 1 saturated heterocycles. The first-order valence-electron chi connectivity index (χ1n) is 7.02. The largest absolute Gasteiger partial charge is 0.381 e. The van der Waals surface area contributed by atoms with Crippen molar-refractivity contribution in [3.05, 3.63) is 47.0 Å². The van der Waals surface area contributed by atoms with Gasteiger partial charge in [-0.1, -0.05) is 11.6 Å². The lowest BCUT2D eigenvalue weighted by molar-refractivity contribution is 0.0662. The van der Waals surface area contributed by atoms with E-state index in [2.05, 4.69) is 10.4 Å². The number of halogens is 2. The molecule has 0 atom stereocenters. The van der Waals surface area contributed by atoms with Crippen LogP contribution in [0.1, 0.15) is 29.2 Å². The first kappa shape index (κ1) is 15.0. The predicted octanol–water partition coefficient (Wildman–Crippen LogP) is 3.28. The van der Waals surface area contributed by atoms with Gasteiger partial charge in [-0.3, -0.25) is 9.48 Å². The fourth-order valence-corrected chi connectivity index (χ4v) is 2.68. The van der Waals surface area contributed by atoms with Crippen molar-refractivity contribution in [2.24, 2.45) is 0 Å². The van der Waals surface area contributed by atoms with Gasteiger partial charge >= 0.3 is 0 Å². The molecule has 0 bridgehead atoms. The van der Waals surface area contributed by atoms with Crippen molar-refractivity contribution in [1.82, 2.24) is 9.78 Å². The van der Waals surface area contributed by atoms with Crippen LogP contribution < -0.4 is 5.32 Å². The van der Waals surface area contributed by atoms with Crippen molar-refractivity contribution in [2.45, 2.75) is 18.9 Å². The average Bonchev–Trinajstić information content (AvgIpc) is 2.96. The summed E-state index contributed by atoms with van der Waals surface area (Å²) in [5.41, 5.74) is 0.804. The second-order valence-corrected chi connectivity index (χ2v) is 5.54. The maximum absolute atomic E-state index is 13.0. The zero-order valence-electron chi connectivity index (χ0n) is 11.8. The quantitative estimate of drug-likeness (QED) is 0.943. The number of benzene rings is 1. The van der Waals surface area contributed by atoms with E-state index < -0.39 is 11.7 Å². The van der Waals surface area contributed by atoms with Gasteiger partial charge in [0.25, 0.3) is 5.91 Å². The number of nitrogens with zero attached hydrogens (tertiary/aromatic N) is 2. The SMILES string of the molecule is O=C(Nc1cnn(C2CCOCC2)c1)c1ccc(F)cc1Cl. The van der Waals surface area contributed by atoms with Gasteiger partial charge in [0.15, 0.2) is 0 Å². The number of carbonyl (C=O) groups excluding carboxylic acids is 1. The first-order valence-corrected chi connectivity index (χ1v) is 7.39. The molecule has 5 nitrogen and oxygen atoms in total. The molecule has 0 aliphatic carbocycles. The summed E-state index contributed by atoms with van der Waals surface area (Å²) in [6.45, 7) is 1.44. The summed E-state index contributed by atoms with van der Waals surface area (Å²) in [5, 5.41) is 7.07. The van der Waals surface area contributed by atoms with Crippen LogP contribution in [0.3, 0.4) is 0 Å². The lowest BCUT2D eigenvalue weighted by atomic mass is 10.1. The topological polar surface area (TPSA) is 56.2 Å². The van der Waals surface area contributed by atoms with E-state index in [1.54, 1.807) is 12.4 Å². The molecule has 7 heteroatoms. The monoisotopic (exact) mass is 323 g/mol. The van der Waals surface area contributed by atoms with E-state index in [4.69, 9.17) is 16.3 Å². The highest BCUT2D eigenvalue weighted by molar-refractivity contribution is 6.34. The Labute approximate surface area is 132 Å². The Bertz CT molecular complexity index is 683. The Balaban J connectivity index is 1.70. The summed E-state index contributed by atoms with van der Waals surface area (Å²) in [7, 11) is 0. The van der Waals surface area contributed by atoms with Gasteiger partial charge in [-0.15, -0.1) is 0 Å². The molecule has 1 N–H and O–H groups in total. The minimum atomic E-state index is -0.478.